The van der Waals surface area contributed by atoms with Gasteiger partial charge in [0.05, 0.1) is 40.5 Å². The van der Waals surface area contributed by atoms with Crippen molar-refractivity contribution in [1.29, 1.82) is 0 Å². The first kappa shape index (κ1) is 24.0. The predicted octanol–water partition coefficient (Wildman–Crippen LogP) is 4.23. The topological polar surface area (TPSA) is 117 Å². The molecule has 0 radical (unpaired) electrons. The highest BCUT2D eigenvalue weighted by Gasteiger charge is 2.45. The zero-order valence-corrected chi connectivity index (χ0v) is 22.1. The van der Waals surface area contributed by atoms with Crippen LogP contribution in [0.3, 0.4) is 0 Å². The van der Waals surface area contributed by atoms with Gasteiger partial charge in [-0.05, 0) is 80.7 Å². The van der Waals surface area contributed by atoms with E-state index in [-0.39, 0.29) is 11.7 Å². The molecule has 2 atom stereocenters. The number of hydrogen-bond donors (Lipinski definition) is 3. The van der Waals surface area contributed by atoms with Crippen LogP contribution in [0, 0.1) is 5.41 Å². The average molecular weight is 536 g/mol. The van der Waals surface area contributed by atoms with Crippen molar-refractivity contribution in [3.63, 3.8) is 0 Å². The molecule has 3 N–H and O–H groups in total. The van der Waals surface area contributed by atoms with Crippen molar-refractivity contribution in [2.75, 3.05) is 40.4 Å². The lowest BCUT2D eigenvalue weighted by Gasteiger charge is -2.35. The molecule has 2 aliphatic carbocycles. The van der Waals surface area contributed by atoms with Crippen molar-refractivity contribution in [3.05, 3.63) is 47.8 Å². The van der Waals surface area contributed by atoms with Crippen LogP contribution in [-0.4, -0.2) is 54.4 Å². The molecule has 7 rings (SSSR count). The highest BCUT2D eigenvalue weighted by molar-refractivity contribution is 7.92. The second kappa shape index (κ2) is 8.71. The average Bonchev–Trinajstić information content (AvgIpc) is 3.23. The van der Waals surface area contributed by atoms with Crippen LogP contribution in [0.25, 0.3) is 11.0 Å². The summed E-state index contributed by atoms with van der Waals surface area (Å²) in [5.41, 5.74) is 4.68. The number of carbonyl (C=O) groups is 1. The first-order valence-electron chi connectivity index (χ1n) is 13.7. The number of para-hydroxylation sites is 1. The Balaban J connectivity index is 1.21. The molecule has 38 heavy (non-hydrogen) atoms. The number of fused-ring (bicyclic) bond motifs is 7. The minimum absolute atomic E-state index is 0.236. The molecule has 1 spiro atoms. The molecule has 10 heteroatoms. The first-order valence-corrected chi connectivity index (χ1v) is 15.3. The van der Waals surface area contributed by atoms with Gasteiger partial charge in [-0.15, -0.1) is 0 Å². The molecule has 3 fully saturated rings. The number of hydrogen-bond acceptors (Lipinski definition) is 6. The van der Waals surface area contributed by atoms with Crippen molar-refractivity contribution < 1.29 is 18.3 Å². The summed E-state index contributed by atoms with van der Waals surface area (Å²) in [5.74, 6) is 1.04. The number of imidazole rings is 1. The third-order valence-electron chi connectivity index (χ3n) is 9.13. The molecule has 1 saturated heterocycles. The molecule has 3 aromatic rings. The Hall–Kier alpha value is -3.11. The lowest BCUT2D eigenvalue weighted by atomic mass is 9.93. The van der Waals surface area contributed by atoms with Crippen LogP contribution in [0.5, 0.6) is 0 Å². The maximum Gasteiger partial charge on any atom is 0.257 e. The van der Waals surface area contributed by atoms with Gasteiger partial charge in [0.15, 0.2) is 0 Å². The quantitative estimate of drug-likeness (QED) is 0.417. The summed E-state index contributed by atoms with van der Waals surface area (Å²) in [4.78, 5) is 20.9. The molecule has 2 saturated carbocycles. The Kier molecular flexibility index (Phi) is 5.49. The lowest BCUT2D eigenvalue weighted by molar-refractivity contribution is 0.102. The molecule has 2 aromatic carbocycles. The number of nitrogens with one attached hydrogen (secondary N) is 2. The minimum Gasteiger partial charge on any atom is -0.395 e. The molecule has 9 nitrogen and oxygen atoms in total. The maximum absolute atomic E-state index is 13.7. The zero-order chi connectivity index (χ0) is 26.1. The Bertz CT molecular complexity index is 1530. The first-order chi connectivity index (χ1) is 18.3. The highest BCUT2D eigenvalue weighted by atomic mass is 32.2. The molecule has 1 amide bonds. The fourth-order valence-corrected chi connectivity index (χ4v) is 7.65. The van der Waals surface area contributed by atoms with Gasteiger partial charge >= 0.3 is 0 Å². The molecule has 4 aliphatic rings. The summed E-state index contributed by atoms with van der Waals surface area (Å²) in [6, 6.07) is 11.5. The number of aromatic nitrogens is 2. The van der Waals surface area contributed by atoms with Gasteiger partial charge in [0, 0.05) is 25.0 Å². The van der Waals surface area contributed by atoms with Gasteiger partial charge in [-0.1, -0.05) is 6.07 Å². The van der Waals surface area contributed by atoms with Gasteiger partial charge in [0.25, 0.3) is 5.91 Å². The molecule has 2 aliphatic heterocycles. The standard InChI is InChI=1S/C28H33N5O4S/c34-14-15-38(36,37)31-19-5-7-21(24(17-19)32-12-10-28(8-9-28)11-13-32)27(35)29-22-2-1-3-23-25(22)30-26-18-4-6-20(16-18)33(23)26/h1-3,5,7,17-18,20,31,34H,4,6,8-16H2,(H,29,35). The van der Waals surface area contributed by atoms with Gasteiger partial charge in [-0.25, -0.2) is 13.4 Å². The van der Waals surface area contributed by atoms with Gasteiger partial charge in [-0.3, -0.25) is 9.52 Å². The largest absolute Gasteiger partial charge is 0.395 e. The Labute approximate surface area is 222 Å². The molecular formula is C28H33N5O4S. The van der Waals surface area contributed by atoms with Crippen molar-refractivity contribution in [2.24, 2.45) is 5.41 Å². The predicted molar refractivity (Wildman–Crippen MR) is 147 cm³/mol. The van der Waals surface area contributed by atoms with Crippen LogP contribution in [-0.2, 0) is 10.0 Å². The number of nitrogens with zero attached hydrogens (tertiary/aromatic N) is 3. The molecule has 1 aromatic heterocycles. The molecule has 2 unspecified atom stereocenters. The van der Waals surface area contributed by atoms with E-state index in [1.54, 1.807) is 18.2 Å². The van der Waals surface area contributed by atoms with Crippen LogP contribution >= 0.6 is 0 Å². The van der Waals surface area contributed by atoms with E-state index in [9.17, 15) is 13.2 Å². The SMILES string of the molecule is O=C(Nc1cccc2c1nc1n2C2CCC1C2)c1ccc(NS(=O)(=O)CCO)cc1N1CCC2(CC1)CC2. The summed E-state index contributed by atoms with van der Waals surface area (Å²) >= 11 is 0. The Morgan fingerprint density at radius 2 is 1.92 bits per heavy atom. The summed E-state index contributed by atoms with van der Waals surface area (Å²) in [6.45, 7) is 1.21. The third kappa shape index (κ3) is 4.05. The number of aliphatic hydroxyl groups is 1. The number of carbonyl (C=O) groups excluding carboxylic acids is 1. The van der Waals surface area contributed by atoms with Gasteiger partial charge in [0.1, 0.15) is 11.3 Å². The van der Waals surface area contributed by atoms with Crippen molar-refractivity contribution in [1.82, 2.24) is 9.55 Å². The monoisotopic (exact) mass is 535 g/mol. The van der Waals surface area contributed by atoms with Crippen molar-refractivity contribution >= 4 is 44.0 Å². The molecule has 3 heterocycles. The lowest BCUT2D eigenvalue weighted by Crippen LogP contribution is -2.35. The van der Waals surface area contributed by atoms with Crippen LogP contribution in [0.2, 0.25) is 0 Å². The summed E-state index contributed by atoms with van der Waals surface area (Å²) in [7, 11) is -3.68. The van der Waals surface area contributed by atoms with Crippen LogP contribution in [0.1, 0.15) is 73.1 Å². The number of benzene rings is 2. The van der Waals surface area contributed by atoms with E-state index in [0.29, 0.717) is 34.3 Å². The number of anilines is 3. The van der Waals surface area contributed by atoms with E-state index >= 15 is 0 Å². The molecule has 200 valence electrons. The summed E-state index contributed by atoms with van der Waals surface area (Å²) in [5, 5.41) is 12.2. The molecular weight excluding hydrogens is 502 g/mol. The van der Waals surface area contributed by atoms with Gasteiger partial charge < -0.3 is 19.9 Å². The van der Waals surface area contributed by atoms with Crippen LogP contribution < -0.4 is 14.9 Å². The van der Waals surface area contributed by atoms with E-state index in [4.69, 9.17) is 10.1 Å². The summed E-state index contributed by atoms with van der Waals surface area (Å²) < 4.78 is 29.5. The fraction of sp³-hybridized carbons (Fsp3) is 0.500. The molecule has 2 bridgehead atoms. The van der Waals surface area contributed by atoms with Crippen LogP contribution in [0.15, 0.2) is 36.4 Å². The third-order valence-corrected chi connectivity index (χ3v) is 10.4. The second-order valence-electron chi connectivity index (χ2n) is 11.5. The van der Waals surface area contributed by atoms with Crippen molar-refractivity contribution in [2.45, 2.75) is 56.9 Å². The fourth-order valence-electron chi connectivity index (χ4n) is 6.82. The number of sulfonamides is 1. The number of rotatable bonds is 7. The van der Waals surface area contributed by atoms with Crippen molar-refractivity contribution in [3.8, 4) is 0 Å². The normalized spacial score (nSPS) is 23.1. The maximum atomic E-state index is 13.7. The number of aliphatic hydroxyl groups excluding tert-OH is 1. The smallest absolute Gasteiger partial charge is 0.257 e. The van der Waals surface area contributed by atoms with Gasteiger partial charge in [-0.2, -0.15) is 0 Å². The highest BCUT2D eigenvalue weighted by Crippen LogP contribution is 2.54. The summed E-state index contributed by atoms with van der Waals surface area (Å²) in [6.07, 6.45) is 8.25. The van der Waals surface area contributed by atoms with E-state index in [0.717, 1.165) is 48.5 Å². The van der Waals surface area contributed by atoms with Gasteiger partial charge in [0.2, 0.25) is 10.0 Å². The second-order valence-corrected chi connectivity index (χ2v) is 13.3. The van der Waals surface area contributed by atoms with E-state index in [1.807, 2.05) is 12.1 Å². The van der Waals surface area contributed by atoms with E-state index in [1.165, 1.54) is 32.1 Å². The Morgan fingerprint density at radius 1 is 1.11 bits per heavy atom. The number of piperidine rings is 1. The van der Waals surface area contributed by atoms with E-state index in [2.05, 4.69) is 25.6 Å². The van der Waals surface area contributed by atoms with E-state index < -0.39 is 16.6 Å². The van der Waals surface area contributed by atoms with Crippen LogP contribution in [0.4, 0.5) is 17.1 Å². The number of amides is 1. The minimum atomic E-state index is -3.68. The zero-order valence-electron chi connectivity index (χ0n) is 21.3. The Morgan fingerprint density at radius 3 is 2.68 bits per heavy atom.